The number of urea groups is 1. The minimum absolute atomic E-state index is 0.107. The van der Waals surface area contributed by atoms with Crippen molar-refractivity contribution in [3.05, 3.63) is 72.6 Å². The van der Waals surface area contributed by atoms with Crippen LogP contribution in [-0.4, -0.2) is 35.8 Å². The SMILES string of the molecule is C=C(NC(=O)C(=C)N1Cc2cccc(-c3ccc(NC(C)=O)cc3)c2NC1=O)C(=O)OC. The predicted octanol–water partition coefficient (Wildman–Crippen LogP) is 2.98. The third-order valence-electron chi connectivity index (χ3n) is 4.76. The number of anilines is 2. The number of benzene rings is 2. The summed E-state index contributed by atoms with van der Waals surface area (Å²) in [6.07, 6.45) is 0. The van der Waals surface area contributed by atoms with E-state index in [1.54, 1.807) is 12.1 Å². The van der Waals surface area contributed by atoms with E-state index in [0.717, 1.165) is 23.8 Å². The van der Waals surface area contributed by atoms with Crippen LogP contribution >= 0.6 is 0 Å². The van der Waals surface area contributed by atoms with Gasteiger partial charge in [0.05, 0.1) is 19.3 Å². The van der Waals surface area contributed by atoms with E-state index in [1.165, 1.54) is 11.8 Å². The summed E-state index contributed by atoms with van der Waals surface area (Å²) in [6.45, 7) is 8.64. The van der Waals surface area contributed by atoms with E-state index in [4.69, 9.17) is 0 Å². The van der Waals surface area contributed by atoms with Crippen molar-refractivity contribution in [1.29, 1.82) is 0 Å². The number of nitrogens with zero attached hydrogens (tertiary/aromatic N) is 1. The number of hydrogen-bond donors (Lipinski definition) is 3. The summed E-state index contributed by atoms with van der Waals surface area (Å²) in [5.41, 5.74) is 3.28. The van der Waals surface area contributed by atoms with E-state index >= 15 is 0 Å². The monoisotopic (exact) mass is 434 g/mol. The molecule has 0 fully saturated rings. The Morgan fingerprint density at radius 3 is 2.41 bits per heavy atom. The molecule has 4 amide bonds. The van der Waals surface area contributed by atoms with Gasteiger partial charge < -0.3 is 20.7 Å². The molecule has 1 heterocycles. The maximum atomic E-state index is 12.8. The quantitative estimate of drug-likeness (QED) is 0.477. The summed E-state index contributed by atoms with van der Waals surface area (Å²) in [5.74, 6) is -1.71. The number of hydrogen-bond acceptors (Lipinski definition) is 5. The molecule has 0 bridgehead atoms. The van der Waals surface area contributed by atoms with Crippen molar-refractivity contribution in [1.82, 2.24) is 10.2 Å². The zero-order chi connectivity index (χ0) is 23.4. The number of rotatable bonds is 6. The van der Waals surface area contributed by atoms with Crippen molar-refractivity contribution in [2.45, 2.75) is 13.5 Å². The molecule has 1 aliphatic heterocycles. The summed E-state index contributed by atoms with van der Waals surface area (Å²) in [7, 11) is 1.16. The zero-order valence-corrected chi connectivity index (χ0v) is 17.7. The molecule has 2 aromatic rings. The maximum absolute atomic E-state index is 12.8. The fourth-order valence-corrected chi connectivity index (χ4v) is 3.20. The molecule has 32 heavy (non-hydrogen) atoms. The Balaban J connectivity index is 1.81. The predicted molar refractivity (Wildman–Crippen MR) is 119 cm³/mol. The Morgan fingerprint density at radius 1 is 1.09 bits per heavy atom. The number of carbonyl (C=O) groups is 4. The molecule has 0 atom stereocenters. The summed E-state index contributed by atoms with van der Waals surface area (Å²) in [5, 5.41) is 7.79. The number of carbonyl (C=O) groups excluding carboxylic acids is 4. The maximum Gasteiger partial charge on any atom is 0.353 e. The number of ether oxygens (including phenoxy) is 1. The molecule has 3 N–H and O–H groups in total. The summed E-state index contributed by atoms with van der Waals surface area (Å²) in [4.78, 5) is 49.0. The lowest BCUT2D eigenvalue weighted by molar-refractivity contribution is -0.137. The molecular weight excluding hydrogens is 412 g/mol. The highest BCUT2D eigenvalue weighted by molar-refractivity contribution is 6.05. The zero-order valence-electron chi connectivity index (χ0n) is 17.7. The second-order valence-electron chi connectivity index (χ2n) is 6.99. The molecule has 0 unspecified atom stereocenters. The van der Waals surface area contributed by atoms with Crippen LogP contribution in [0.2, 0.25) is 0 Å². The van der Waals surface area contributed by atoms with Crippen molar-refractivity contribution in [3.63, 3.8) is 0 Å². The number of esters is 1. The second-order valence-corrected chi connectivity index (χ2v) is 6.99. The van der Waals surface area contributed by atoms with Crippen LogP contribution in [0.15, 0.2) is 67.0 Å². The molecule has 0 aromatic heterocycles. The fourth-order valence-electron chi connectivity index (χ4n) is 3.20. The Bertz CT molecular complexity index is 1140. The fraction of sp³-hybridized carbons (Fsp3) is 0.130. The van der Waals surface area contributed by atoms with Crippen molar-refractivity contribution in [2.24, 2.45) is 0 Å². The van der Waals surface area contributed by atoms with Gasteiger partial charge in [-0.25, -0.2) is 9.59 Å². The van der Waals surface area contributed by atoms with Crippen LogP contribution < -0.4 is 16.0 Å². The molecule has 3 rings (SSSR count). The first-order valence-electron chi connectivity index (χ1n) is 9.57. The van der Waals surface area contributed by atoms with E-state index in [-0.39, 0.29) is 23.8 Å². The lowest BCUT2D eigenvalue weighted by atomic mass is 9.98. The third kappa shape index (κ3) is 4.67. The van der Waals surface area contributed by atoms with Crippen LogP contribution in [0.5, 0.6) is 0 Å². The molecule has 0 radical (unpaired) electrons. The molecule has 0 saturated carbocycles. The van der Waals surface area contributed by atoms with Gasteiger partial charge in [-0.15, -0.1) is 0 Å². The topological polar surface area (TPSA) is 117 Å². The van der Waals surface area contributed by atoms with E-state index in [9.17, 15) is 19.2 Å². The lowest BCUT2D eigenvalue weighted by Gasteiger charge is -2.31. The average Bonchev–Trinajstić information content (AvgIpc) is 2.77. The summed E-state index contributed by atoms with van der Waals surface area (Å²) >= 11 is 0. The third-order valence-corrected chi connectivity index (χ3v) is 4.76. The number of fused-ring (bicyclic) bond motifs is 1. The number of para-hydroxylation sites is 1. The van der Waals surface area contributed by atoms with Crippen LogP contribution in [0.4, 0.5) is 16.2 Å². The van der Waals surface area contributed by atoms with E-state index in [1.807, 2.05) is 30.3 Å². The van der Waals surface area contributed by atoms with Gasteiger partial charge in [0.25, 0.3) is 5.91 Å². The normalized spacial score (nSPS) is 12.2. The molecule has 9 heteroatoms. The second kappa shape index (κ2) is 9.17. The minimum atomic E-state index is -0.797. The van der Waals surface area contributed by atoms with Gasteiger partial charge in [-0.05, 0) is 23.3 Å². The van der Waals surface area contributed by atoms with Crippen molar-refractivity contribution in [2.75, 3.05) is 17.7 Å². The first kappa shape index (κ1) is 22.3. The molecule has 164 valence electrons. The van der Waals surface area contributed by atoms with Gasteiger partial charge in [-0.2, -0.15) is 0 Å². The Hall–Kier alpha value is -4.40. The molecule has 0 saturated heterocycles. The van der Waals surface area contributed by atoms with Gasteiger partial charge in [0.15, 0.2) is 0 Å². The minimum Gasteiger partial charge on any atom is -0.464 e. The van der Waals surface area contributed by atoms with E-state index in [2.05, 4.69) is 33.8 Å². The van der Waals surface area contributed by atoms with Crippen molar-refractivity contribution in [3.8, 4) is 11.1 Å². The Labute approximate surface area is 184 Å². The molecule has 0 spiro atoms. The van der Waals surface area contributed by atoms with E-state index < -0.39 is 17.9 Å². The molecule has 2 aromatic carbocycles. The largest absolute Gasteiger partial charge is 0.464 e. The van der Waals surface area contributed by atoms with Crippen LogP contribution in [0.1, 0.15) is 12.5 Å². The standard InChI is InChI=1S/C23H22N4O5/c1-13(22(30)32-4)24-21(29)14(2)27-12-17-6-5-7-19(20(17)26-23(27)31)16-8-10-18(11-9-16)25-15(3)28/h5-11H,1-2,12H2,3-4H3,(H,24,29)(H,25,28)(H,26,31). The average molecular weight is 434 g/mol. The van der Waals surface area contributed by atoms with Crippen molar-refractivity contribution < 1.29 is 23.9 Å². The lowest BCUT2D eigenvalue weighted by Crippen LogP contribution is -2.43. The molecular formula is C23H22N4O5. The van der Waals surface area contributed by atoms with Crippen LogP contribution in [0.3, 0.4) is 0 Å². The van der Waals surface area contributed by atoms with Crippen LogP contribution in [0, 0.1) is 0 Å². The first-order valence-corrected chi connectivity index (χ1v) is 9.57. The number of amides is 4. The highest BCUT2D eigenvalue weighted by atomic mass is 16.5. The smallest absolute Gasteiger partial charge is 0.353 e. The van der Waals surface area contributed by atoms with Gasteiger partial charge in [0.1, 0.15) is 11.4 Å². The number of methoxy groups -OCH3 is 1. The Kier molecular flexibility index (Phi) is 6.39. The Morgan fingerprint density at radius 2 is 1.78 bits per heavy atom. The highest BCUT2D eigenvalue weighted by Crippen LogP contribution is 2.35. The summed E-state index contributed by atoms with van der Waals surface area (Å²) in [6, 6.07) is 12.2. The molecule has 0 aliphatic carbocycles. The van der Waals surface area contributed by atoms with Gasteiger partial charge in [0, 0.05) is 18.2 Å². The van der Waals surface area contributed by atoms with Gasteiger partial charge in [0.2, 0.25) is 5.91 Å². The van der Waals surface area contributed by atoms with Crippen LogP contribution in [-0.2, 0) is 25.7 Å². The molecule has 1 aliphatic rings. The highest BCUT2D eigenvalue weighted by Gasteiger charge is 2.29. The summed E-state index contributed by atoms with van der Waals surface area (Å²) < 4.78 is 4.49. The van der Waals surface area contributed by atoms with Crippen molar-refractivity contribution >= 4 is 35.2 Å². The number of nitrogens with one attached hydrogen (secondary N) is 3. The van der Waals surface area contributed by atoms with Gasteiger partial charge >= 0.3 is 12.0 Å². The van der Waals surface area contributed by atoms with E-state index in [0.29, 0.717) is 11.4 Å². The first-order chi connectivity index (χ1) is 15.2. The van der Waals surface area contributed by atoms with Crippen LogP contribution in [0.25, 0.3) is 11.1 Å². The molecule has 9 nitrogen and oxygen atoms in total. The van der Waals surface area contributed by atoms with Gasteiger partial charge in [-0.1, -0.05) is 43.5 Å². The van der Waals surface area contributed by atoms with Gasteiger partial charge in [-0.3, -0.25) is 14.5 Å².